The summed E-state index contributed by atoms with van der Waals surface area (Å²) in [5.74, 6) is 0.517. The van der Waals surface area contributed by atoms with Gasteiger partial charge in [-0.1, -0.05) is 59.6 Å². The van der Waals surface area contributed by atoms with Crippen LogP contribution < -0.4 is 10.2 Å². The molecular formula is C25H15Cl2N3O2S. The lowest BCUT2D eigenvalue weighted by Gasteiger charge is -2.37. The van der Waals surface area contributed by atoms with Crippen molar-refractivity contribution in [3.05, 3.63) is 99.2 Å². The van der Waals surface area contributed by atoms with E-state index in [0.29, 0.717) is 21.6 Å². The molecule has 1 aliphatic rings. The summed E-state index contributed by atoms with van der Waals surface area (Å²) in [6.45, 7) is 0. The fraction of sp³-hybridized carbons (Fsp3) is 0.0400. The molecular weight excluding hydrogens is 477 g/mol. The third-order valence-electron chi connectivity index (χ3n) is 5.44. The number of nitriles is 1. The van der Waals surface area contributed by atoms with Crippen LogP contribution in [0.1, 0.15) is 11.9 Å². The minimum Gasteiger partial charge on any atom is -0.457 e. The second-order valence-electron chi connectivity index (χ2n) is 7.39. The van der Waals surface area contributed by atoms with Gasteiger partial charge in [-0.15, -0.1) is 12.6 Å². The Bertz CT molecular complexity index is 1480. The average Bonchev–Trinajstić information content (AvgIpc) is 3.31. The second kappa shape index (κ2) is 8.53. The first-order chi connectivity index (χ1) is 16.0. The van der Waals surface area contributed by atoms with Crippen molar-refractivity contribution in [2.24, 2.45) is 0 Å². The van der Waals surface area contributed by atoms with Gasteiger partial charge < -0.3 is 14.6 Å². The topological polar surface area (TPSA) is 69.3 Å². The van der Waals surface area contributed by atoms with E-state index in [9.17, 15) is 10.1 Å². The highest BCUT2D eigenvalue weighted by molar-refractivity contribution is 7.84. The normalized spacial score (nSPS) is 16.1. The molecule has 5 nitrogen and oxygen atoms in total. The summed E-state index contributed by atoms with van der Waals surface area (Å²) in [4.78, 5) is 14.5. The van der Waals surface area contributed by atoms with Crippen LogP contribution in [0.15, 0.2) is 87.8 Å². The number of fused-ring (bicyclic) bond motifs is 1. The molecule has 1 atom stereocenters. The molecule has 0 radical (unpaired) electrons. The molecule has 0 bridgehead atoms. The van der Waals surface area contributed by atoms with Gasteiger partial charge in [0.2, 0.25) is 0 Å². The molecule has 1 N–H and O–H groups in total. The molecule has 3 aromatic carbocycles. The summed E-state index contributed by atoms with van der Waals surface area (Å²) in [7, 11) is 0. The quantitative estimate of drug-likeness (QED) is 0.312. The number of halogens is 2. The van der Waals surface area contributed by atoms with Crippen molar-refractivity contribution >= 4 is 58.2 Å². The predicted molar refractivity (Wildman–Crippen MR) is 133 cm³/mol. The number of nitrogens with zero attached hydrogens (tertiary/aromatic N) is 2. The summed E-state index contributed by atoms with van der Waals surface area (Å²) in [6, 6.07) is 24.4. The molecule has 1 unspecified atom stereocenters. The first-order valence-electron chi connectivity index (χ1n) is 9.94. The molecule has 33 heavy (non-hydrogen) atoms. The van der Waals surface area contributed by atoms with E-state index in [1.165, 1.54) is 0 Å². The summed E-state index contributed by atoms with van der Waals surface area (Å²) < 4.78 is 6.14. The predicted octanol–water partition coefficient (Wildman–Crippen LogP) is 6.71. The van der Waals surface area contributed by atoms with Crippen LogP contribution in [0.2, 0.25) is 10.0 Å². The largest absolute Gasteiger partial charge is 0.457 e. The molecule has 1 aliphatic heterocycles. The lowest BCUT2D eigenvalue weighted by Crippen LogP contribution is -2.46. The van der Waals surface area contributed by atoms with Gasteiger partial charge in [-0.25, -0.2) is 0 Å². The van der Waals surface area contributed by atoms with Gasteiger partial charge in [-0.05, 0) is 41.8 Å². The van der Waals surface area contributed by atoms with Crippen LogP contribution in [-0.2, 0) is 4.79 Å². The fourth-order valence-corrected chi connectivity index (χ4v) is 4.55. The van der Waals surface area contributed by atoms with Crippen molar-refractivity contribution in [1.82, 2.24) is 5.32 Å². The standard InChI is InChI=1S/C25H15Cl2N3O2S/c26-18-9-8-15(12-19(18)27)21-10-11-22(32-21)23-29-24(31)17(13-28)25(33)30(23)20-7-3-5-14-4-1-2-6-16(14)20/h1-12,23,33H,(H,29,31). The Labute approximate surface area is 205 Å². The van der Waals surface area contributed by atoms with Gasteiger partial charge in [-0.3, -0.25) is 4.79 Å². The van der Waals surface area contributed by atoms with Crippen LogP contribution in [-0.4, -0.2) is 5.91 Å². The second-order valence-corrected chi connectivity index (χ2v) is 8.62. The number of benzene rings is 3. The number of anilines is 1. The minimum absolute atomic E-state index is 0.0706. The van der Waals surface area contributed by atoms with Crippen molar-refractivity contribution in [1.29, 1.82) is 5.26 Å². The first kappa shape index (κ1) is 21.5. The molecule has 5 rings (SSSR count). The van der Waals surface area contributed by atoms with Crippen LogP contribution in [0, 0.1) is 11.3 Å². The molecule has 0 saturated carbocycles. The third-order valence-corrected chi connectivity index (χ3v) is 6.62. The number of carbonyl (C=O) groups excluding carboxylic acids is 1. The Morgan fingerprint density at radius 1 is 1.00 bits per heavy atom. The number of hydrogen-bond donors (Lipinski definition) is 2. The summed E-state index contributed by atoms with van der Waals surface area (Å²) in [5.41, 5.74) is 1.45. The number of furan rings is 1. The van der Waals surface area contributed by atoms with Gasteiger partial charge in [0.05, 0.1) is 20.8 Å². The monoisotopic (exact) mass is 491 g/mol. The highest BCUT2D eigenvalue weighted by atomic mass is 35.5. The molecule has 0 aliphatic carbocycles. The SMILES string of the molecule is N#CC1=C(S)N(c2cccc3ccccc23)C(c2ccc(-c3ccc(Cl)c(Cl)c3)o2)NC1=O. The van der Waals surface area contributed by atoms with Crippen LogP contribution in [0.25, 0.3) is 22.1 Å². The van der Waals surface area contributed by atoms with Crippen molar-refractivity contribution in [2.45, 2.75) is 6.17 Å². The Morgan fingerprint density at radius 2 is 1.79 bits per heavy atom. The van der Waals surface area contributed by atoms with E-state index in [1.807, 2.05) is 48.5 Å². The lowest BCUT2D eigenvalue weighted by atomic mass is 10.1. The Balaban J connectivity index is 1.65. The van der Waals surface area contributed by atoms with E-state index in [4.69, 9.17) is 27.6 Å². The van der Waals surface area contributed by atoms with Crippen molar-refractivity contribution in [3.63, 3.8) is 0 Å². The van der Waals surface area contributed by atoms with E-state index in [-0.39, 0.29) is 10.6 Å². The van der Waals surface area contributed by atoms with Gasteiger partial charge in [0.1, 0.15) is 23.2 Å². The van der Waals surface area contributed by atoms with Crippen LogP contribution >= 0.6 is 35.8 Å². The van der Waals surface area contributed by atoms with Crippen LogP contribution in [0.5, 0.6) is 0 Å². The van der Waals surface area contributed by atoms with Crippen molar-refractivity contribution in [3.8, 4) is 17.4 Å². The zero-order chi connectivity index (χ0) is 23.1. The Kier molecular flexibility index (Phi) is 5.55. The van der Waals surface area contributed by atoms with Crippen molar-refractivity contribution < 1.29 is 9.21 Å². The molecule has 1 aromatic heterocycles. The molecule has 1 amide bonds. The highest BCUT2D eigenvalue weighted by Gasteiger charge is 2.36. The maximum absolute atomic E-state index is 12.7. The van der Waals surface area contributed by atoms with Crippen molar-refractivity contribution in [2.75, 3.05) is 4.90 Å². The van der Waals surface area contributed by atoms with Crippen LogP contribution in [0.4, 0.5) is 5.69 Å². The molecule has 8 heteroatoms. The van der Waals surface area contributed by atoms with E-state index in [2.05, 4.69) is 17.9 Å². The average molecular weight is 492 g/mol. The number of thiol groups is 1. The number of amides is 1. The number of hydrogen-bond acceptors (Lipinski definition) is 5. The highest BCUT2D eigenvalue weighted by Crippen LogP contribution is 2.40. The van der Waals surface area contributed by atoms with E-state index in [1.54, 1.807) is 35.2 Å². The lowest BCUT2D eigenvalue weighted by molar-refractivity contribution is -0.118. The van der Waals surface area contributed by atoms with Gasteiger partial charge in [0.25, 0.3) is 5.91 Å². The summed E-state index contributed by atoms with van der Waals surface area (Å²) >= 11 is 16.8. The molecule has 0 fully saturated rings. The van der Waals surface area contributed by atoms with Gasteiger partial charge >= 0.3 is 0 Å². The maximum atomic E-state index is 12.7. The molecule has 4 aromatic rings. The molecule has 2 heterocycles. The van der Waals surface area contributed by atoms with Gasteiger partial charge in [0.15, 0.2) is 6.17 Å². The third kappa shape index (κ3) is 3.75. The van der Waals surface area contributed by atoms with E-state index < -0.39 is 12.1 Å². The Morgan fingerprint density at radius 3 is 2.58 bits per heavy atom. The fourth-order valence-electron chi connectivity index (χ4n) is 3.88. The van der Waals surface area contributed by atoms with E-state index >= 15 is 0 Å². The van der Waals surface area contributed by atoms with Gasteiger partial charge in [-0.2, -0.15) is 5.26 Å². The zero-order valence-corrected chi connectivity index (χ0v) is 19.3. The number of rotatable bonds is 3. The summed E-state index contributed by atoms with van der Waals surface area (Å²) in [6.07, 6.45) is -0.718. The van der Waals surface area contributed by atoms with Crippen LogP contribution in [0.3, 0.4) is 0 Å². The van der Waals surface area contributed by atoms with E-state index in [0.717, 1.165) is 22.0 Å². The first-order valence-corrected chi connectivity index (χ1v) is 11.1. The zero-order valence-electron chi connectivity index (χ0n) is 16.9. The maximum Gasteiger partial charge on any atom is 0.266 e. The Hall–Kier alpha value is -3.37. The van der Waals surface area contributed by atoms with Gasteiger partial charge in [0, 0.05) is 10.9 Å². The number of carbonyl (C=O) groups is 1. The molecule has 0 spiro atoms. The minimum atomic E-state index is -0.718. The molecule has 0 saturated heterocycles. The number of nitrogens with one attached hydrogen (secondary N) is 1. The smallest absolute Gasteiger partial charge is 0.266 e. The summed E-state index contributed by atoms with van der Waals surface area (Å²) in [5, 5.41) is 15.5. The molecule has 162 valence electrons.